The molecule has 2 aromatic carbocycles. The van der Waals surface area contributed by atoms with Crippen LogP contribution >= 0.6 is 0 Å². The molecule has 0 aliphatic heterocycles. The Balaban J connectivity index is 2.21. The van der Waals surface area contributed by atoms with Crippen LogP contribution < -0.4 is 14.8 Å². The molecule has 0 bridgehead atoms. The van der Waals surface area contributed by atoms with Crippen molar-refractivity contribution in [1.29, 1.82) is 0 Å². The van der Waals surface area contributed by atoms with Crippen LogP contribution in [0.4, 0.5) is 23.2 Å². The minimum Gasteiger partial charge on any atom is -0.496 e. The number of rotatable bonds is 5. The fourth-order valence-electron chi connectivity index (χ4n) is 2.21. The smallest absolute Gasteiger partial charge is 0.419 e. The third kappa shape index (κ3) is 4.53. The Morgan fingerprint density at radius 2 is 1.69 bits per heavy atom. The van der Waals surface area contributed by atoms with E-state index in [1.54, 1.807) is 18.2 Å². The summed E-state index contributed by atoms with van der Waals surface area (Å²) in [5, 5.41) is 2.25. The van der Waals surface area contributed by atoms with E-state index in [-0.39, 0.29) is 5.69 Å². The lowest BCUT2D eigenvalue weighted by atomic mass is 10.1. The summed E-state index contributed by atoms with van der Waals surface area (Å²) in [6.07, 6.45) is -2.34. The summed E-state index contributed by atoms with van der Waals surface area (Å²) in [6, 6.07) is 7.24. The van der Waals surface area contributed by atoms with Gasteiger partial charge in [0.1, 0.15) is 17.3 Å². The van der Waals surface area contributed by atoms with Gasteiger partial charge in [-0.1, -0.05) is 6.07 Å². The minimum atomic E-state index is -4.86. The lowest BCUT2D eigenvalue weighted by Crippen LogP contribution is -2.12. The molecule has 0 saturated carbocycles. The van der Waals surface area contributed by atoms with Gasteiger partial charge in [-0.2, -0.15) is 13.2 Å². The molecule has 0 aliphatic rings. The van der Waals surface area contributed by atoms with E-state index >= 15 is 0 Å². The normalized spacial score (nSPS) is 11.5. The lowest BCUT2D eigenvalue weighted by molar-refractivity contribution is -0.140. The van der Waals surface area contributed by atoms with Gasteiger partial charge in [0.05, 0.1) is 25.3 Å². The summed E-state index contributed by atoms with van der Waals surface area (Å²) in [4.78, 5) is 12.0. The highest BCUT2D eigenvalue weighted by Gasteiger charge is 2.34. The van der Waals surface area contributed by atoms with Gasteiger partial charge in [0.25, 0.3) is 0 Å². The number of ether oxygens (including phenoxy) is 2. The van der Waals surface area contributed by atoms with Crippen LogP contribution in [0.5, 0.6) is 11.5 Å². The molecular formula is C18H15F4NO3. The van der Waals surface area contributed by atoms with Crippen molar-refractivity contribution in [3.05, 3.63) is 59.4 Å². The Kier molecular flexibility index (Phi) is 5.86. The highest BCUT2D eigenvalue weighted by Crippen LogP contribution is 2.33. The molecule has 0 unspecified atom stereocenters. The number of alkyl halides is 3. The van der Waals surface area contributed by atoms with Gasteiger partial charge >= 0.3 is 6.18 Å². The van der Waals surface area contributed by atoms with E-state index in [2.05, 4.69) is 5.32 Å². The topological polar surface area (TPSA) is 47.6 Å². The van der Waals surface area contributed by atoms with E-state index in [4.69, 9.17) is 9.47 Å². The fraction of sp³-hybridized carbons (Fsp3) is 0.167. The third-order valence-electron chi connectivity index (χ3n) is 3.41. The molecule has 1 N–H and O–H groups in total. The number of hydrogen-bond acceptors (Lipinski definition) is 3. The molecule has 0 heterocycles. The first-order valence-electron chi connectivity index (χ1n) is 7.33. The average molecular weight is 369 g/mol. The lowest BCUT2D eigenvalue weighted by Gasteiger charge is -2.11. The molecule has 2 rings (SSSR count). The van der Waals surface area contributed by atoms with Gasteiger partial charge in [-0.3, -0.25) is 4.79 Å². The molecule has 0 spiro atoms. The second kappa shape index (κ2) is 7.90. The number of amides is 1. The molecule has 0 radical (unpaired) electrons. The average Bonchev–Trinajstić information content (AvgIpc) is 2.60. The van der Waals surface area contributed by atoms with Gasteiger partial charge in [-0.15, -0.1) is 0 Å². The first kappa shape index (κ1) is 19.3. The van der Waals surface area contributed by atoms with Crippen molar-refractivity contribution in [2.24, 2.45) is 0 Å². The predicted molar refractivity (Wildman–Crippen MR) is 88.6 cm³/mol. The highest BCUT2D eigenvalue weighted by molar-refractivity contribution is 6.02. The Morgan fingerprint density at radius 1 is 1.08 bits per heavy atom. The molecule has 26 heavy (non-hydrogen) atoms. The monoisotopic (exact) mass is 369 g/mol. The zero-order valence-corrected chi connectivity index (χ0v) is 13.9. The van der Waals surface area contributed by atoms with E-state index in [1.165, 1.54) is 20.3 Å². The van der Waals surface area contributed by atoms with Crippen LogP contribution in [-0.2, 0) is 11.0 Å². The fourth-order valence-corrected chi connectivity index (χ4v) is 2.21. The van der Waals surface area contributed by atoms with Crippen molar-refractivity contribution in [2.75, 3.05) is 19.5 Å². The quantitative estimate of drug-likeness (QED) is 0.623. The molecule has 8 heteroatoms. The number of carbonyl (C=O) groups is 1. The number of methoxy groups -OCH3 is 2. The van der Waals surface area contributed by atoms with E-state index < -0.39 is 23.5 Å². The maximum atomic E-state index is 13.3. The molecule has 1 amide bonds. The number of halogens is 4. The van der Waals surface area contributed by atoms with Crippen molar-refractivity contribution in [2.45, 2.75) is 6.18 Å². The van der Waals surface area contributed by atoms with Gasteiger partial charge in [0.15, 0.2) is 0 Å². The molecule has 0 fully saturated rings. The Hall–Kier alpha value is -3.03. The van der Waals surface area contributed by atoms with E-state index in [9.17, 15) is 22.4 Å². The van der Waals surface area contributed by atoms with E-state index in [0.717, 1.165) is 12.1 Å². The number of benzene rings is 2. The molecule has 2 aromatic rings. The Morgan fingerprint density at radius 3 is 2.23 bits per heavy atom. The second-order valence-electron chi connectivity index (χ2n) is 5.09. The summed E-state index contributed by atoms with van der Waals surface area (Å²) in [7, 11) is 2.90. The molecule has 0 aliphatic carbocycles. The van der Waals surface area contributed by atoms with Gasteiger partial charge in [0, 0.05) is 11.8 Å². The van der Waals surface area contributed by atoms with Crippen LogP contribution in [0.1, 0.15) is 11.1 Å². The SMILES string of the molecule is COc1cccc(OC)c1/C=C/C(=O)Nc1ccc(F)c(C(F)(F)F)c1. The van der Waals surface area contributed by atoms with Crippen LogP contribution in [-0.4, -0.2) is 20.1 Å². The number of carbonyl (C=O) groups excluding carboxylic acids is 1. The first-order chi connectivity index (χ1) is 12.3. The van der Waals surface area contributed by atoms with Crippen LogP contribution in [0.3, 0.4) is 0 Å². The van der Waals surface area contributed by atoms with Crippen molar-refractivity contribution in [1.82, 2.24) is 0 Å². The predicted octanol–water partition coefficient (Wildman–Crippen LogP) is 4.51. The number of anilines is 1. The van der Waals surface area contributed by atoms with Gasteiger partial charge in [-0.25, -0.2) is 4.39 Å². The number of nitrogens with one attached hydrogen (secondary N) is 1. The zero-order valence-electron chi connectivity index (χ0n) is 13.9. The summed E-state index contributed by atoms with van der Waals surface area (Å²) < 4.78 is 61.7. The van der Waals surface area contributed by atoms with Crippen LogP contribution in [0.2, 0.25) is 0 Å². The van der Waals surface area contributed by atoms with Crippen molar-refractivity contribution >= 4 is 17.7 Å². The second-order valence-corrected chi connectivity index (χ2v) is 5.09. The van der Waals surface area contributed by atoms with Crippen LogP contribution in [0, 0.1) is 5.82 Å². The third-order valence-corrected chi connectivity index (χ3v) is 3.41. The van der Waals surface area contributed by atoms with E-state index in [0.29, 0.717) is 29.2 Å². The molecule has 0 saturated heterocycles. The van der Waals surface area contributed by atoms with Gasteiger partial charge in [0.2, 0.25) is 5.91 Å². The highest BCUT2D eigenvalue weighted by atomic mass is 19.4. The minimum absolute atomic E-state index is 0.180. The van der Waals surface area contributed by atoms with Crippen molar-refractivity contribution in [3.63, 3.8) is 0 Å². The molecule has 4 nitrogen and oxygen atoms in total. The Bertz CT molecular complexity index is 809. The molecule has 0 aromatic heterocycles. The van der Waals surface area contributed by atoms with Gasteiger partial charge < -0.3 is 14.8 Å². The summed E-state index contributed by atoms with van der Waals surface area (Å²) in [5.74, 6) is -1.20. The summed E-state index contributed by atoms with van der Waals surface area (Å²) in [6.45, 7) is 0. The van der Waals surface area contributed by atoms with Gasteiger partial charge in [-0.05, 0) is 36.4 Å². The van der Waals surface area contributed by atoms with Crippen molar-refractivity contribution < 1.29 is 31.8 Å². The van der Waals surface area contributed by atoms with Crippen LogP contribution in [0.25, 0.3) is 6.08 Å². The molecular weight excluding hydrogens is 354 g/mol. The Labute approximate surface area is 147 Å². The van der Waals surface area contributed by atoms with Crippen LogP contribution in [0.15, 0.2) is 42.5 Å². The maximum Gasteiger partial charge on any atom is 0.419 e. The summed E-state index contributed by atoms with van der Waals surface area (Å²) >= 11 is 0. The van der Waals surface area contributed by atoms with E-state index in [1.807, 2.05) is 0 Å². The maximum absolute atomic E-state index is 13.3. The standard InChI is InChI=1S/C18H15F4NO3/c1-25-15-4-3-5-16(26-2)12(15)7-9-17(24)23-11-6-8-14(19)13(10-11)18(20,21)22/h3-10H,1-2H3,(H,23,24)/b9-7+. The number of hydrogen-bond donors (Lipinski definition) is 1. The molecule has 0 atom stereocenters. The zero-order chi connectivity index (χ0) is 19.3. The molecule has 138 valence electrons. The first-order valence-corrected chi connectivity index (χ1v) is 7.33. The van der Waals surface area contributed by atoms with Crippen molar-refractivity contribution in [3.8, 4) is 11.5 Å². The largest absolute Gasteiger partial charge is 0.496 e. The summed E-state index contributed by atoms with van der Waals surface area (Å²) in [5.41, 5.74) is -1.14.